The molecular formula is C26H36N4O3. The predicted molar refractivity (Wildman–Crippen MR) is 130 cm³/mol. The van der Waals surface area contributed by atoms with Crippen LogP contribution < -0.4 is 9.80 Å². The predicted octanol–water partition coefficient (Wildman–Crippen LogP) is 2.41. The van der Waals surface area contributed by atoms with Gasteiger partial charge >= 0.3 is 0 Å². The molecule has 0 saturated carbocycles. The van der Waals surface area contributed by atoms with Crippen LogP contribution in [0.1, 0.15) is 37.9 Å². The van der Waals surface area contributed by atoms with Gasteiger partial charge in [0.1, 0.15) is 5.60 Å². The smallest absolute Gasteiger partial charge is 0.230 e. The first-order valence-corrected chi connectivity index (χ1v) is 12.0. The van der Waals surface area contributed by atoms with Crippen LogP contribution in [-0.4, -0.2) is 71.9 Å². The molecule has 1 aromatic heterocycles. The molecule has 2 aliphatic heterocycles. The second-order valence-electron chi connectivity index (χ2n) is 9.57. The number of likely N-dealkylation sites (N-methyl/N-ethyl adjacent to an activating group) is 1. The number of hydrogen-bond donors (Lipinski definition) is 2. The van der Waals surface area contributed by atoms with E-state index in [0.29, 0.717) is 18.7 Å². The van der Waals surface area contributed by atoms with Crippen molar-refractivity contribution in [2.75, 3.05) is 49.6 Å². The third-order valence-corrected chi connectivity index (χ3v) is 7.23. The minimum Gasteiger partial charge on any atom is -0.390 e. The Labute approximate surface area is 196 Å². The Morgan fingerprint density at radius 2 is 1.85 bits per heavy atom. The molecule has 2 fully saturated rings. The van der Waals surface area contributed by atoms with Crippen LogP contribution in [0.2, 0.25) is 0 Å². The maximum atomic E-state index is 13.3. The normalized spacial score (nSPS) is 22.5. The molecule has 1 amide bonds. The summed E-state index contributed by atoms with van der Waals surface area (Å²) in [5, 5.41) is 20.7. The van der Waals surface area contributed by atoms with Crippen molar-refractivity contribution in [1.29, 1.82) is 0 Å². The number of pyridine rings is 1. The number of carbonyl (C=O) groups excluding carboxylic acids is 1. The summed E-state index contributed by atoms with van der Waals surface area (Å²) < 4.78 is 0. The van der Waals surface area contributed by atoms with E-state index in [1.165, 1.54) is 11.3 Å². The first-order chi connectivity index (χ1) is 15.8. The summed E-state index contributed by atoms with van der Waals surface area (Å²) in [7, 11) is 2.16. The summed E-state index contributed by atoms with van der Waals surface area (Å²) in [5.41, 5.74) is 2.21. The topological polar surface area (TPSA) is 80.1 Å². The van der Waals surface area contributed by atoms with E-state index in [1.54, 1.807) is 24.1 Å². The van der Waals surface area contributed by atoms with Crippen molar-refractivity contribution in [3.05, 3.63) is 53.9 Å². The number of aliphatic hydroxyl groups is 2. The van der Waals surface area contributed by atoms with Crippen molar-refractivity contribution in [2.24, 2.45) is 5.92 Å². The van der Waals surface area contributed by atoms with Crippen LogP contribution in [0.5, 0.6) is 0 Å². The highest BCUT2D eigenvalue weighted by atomic mass is 16.3. The minimum absolute atomic E-state index is 0.0525. The lowest BCUT2D eigenvalue weighted by atomic mass is 9.93. The van der Waals surface area contributed by atoms with E-state index in [9.17, 15) is 15.0 Å². The molecule has 3 heterocycles. The van der Waals surface area contributed by atoms with E-state index < -0.39 is 11.7 Å². The van der Waals surface area contributed by atoms with Gasteiger partial charge in [0, 0.05) is 44.3 Å². The lowest BCUT2D eigenvalue weighted by Gasteiger charge is -2.35. The quantitative estimate of drug-likeness (QED) is 0.672. The number of carbonyl (C=O) groups is 1. The van der Waals surface area contributed by atoms with Gasteiger partial charge in [0.25, 0.3) is 0 Å². The summed E-state index contributed by atoms with van der Waals surface area (Å²) in [6.45, 7) is 8.16. The third-order valence-electron chi connectivity index (χ3n) is 7.23. The molecule has 2 aliphatic rings. The number of anilines is 2. The van der Waals surface area contributed by atoms with Crippen molar-refractivity contribution in [3.63, 3.8) is 0 Å². The molecule has 1 aromatic carbocycles. The average Bonchev–Trinajstić information content (AvgIpc) is 3.19. The molecule has 178 valence electrons. The molecule has 7 heteroatoms. The number of rotatable bonds is 7. The molecule has 33 heavy (non-hydrogen) atoms. The zero-order chi connectivity index (χ0) is 23.6. The second kappa shape index (κ2) is 9.79. The van der Waals surface area contributed by atoms with Gasteiger partial charge in [-0.25, -0.2) is 0 Å². The number of hydrogen-bond acceptors (Lipinski definition) is 6. The van der Waals surface area contributed by atoms with Crippen LogP contribution in [0.4, 0.5) is 11.4 Å². The standard InChI is InChI=1S/C26H36N4O3/c1-4-24(31)26(2,33)23-10-9-21(18-27-23)30-12-11-20(25(30)32)17-19-7-5-6-8-22(19)29-15-13-28(3)14-16-29/h5-10,18,20,24,31,33H,4,11-17H2,1-3H3/t20-,24?,26?/m0/s1. The highest BCUT2D eigenvalue weighted by molar-refractivity contribution is 5.97. The molecule has 0 radical (unpaired) electrons. The number of amides is 1. The molecule has 0 bridgehead atoms. The molecule has 2 aromatic rings. The molecular weight excluding hydrogens is 416 g/mol. The van der Waals surface area contributed by atoms with Crippen molar-refractivity contribution in [2.45, 2.75) is 44.8 Å². The Morgan fingerprint density at radius 3 is 2.52 bits per heavy atom. The maximum absolute atomic E-state index is 13.3. The molecule has 0 aliphatic carbocycles. The van der Waals surface area contributed by atoms with Gasteiger partial charge in [0.2, 0.25) is 5.91 Å². The van der Waals surface area contributed by atoms with Gasteiger partial charge in [0.15, 0.2) is 0 Å². The number of nitrogens with zero attached hydrogens (tertiary/aromatic N) is 4. The SMILES string of the molecule is CCC(O)C(C)(O)c1ccc(N2CC[C@@H](Cc3ccccc3N3CCN(C)CC3)C2=O)cn1. The third kappa shape index (κ3) is 4.90. The van der Waals surface area contributed by atoms with Crippen molar-refractivity contribution in [3.8, 4) is 0 Å². The van der Waals surface area contributed by atoms with Crippen molar-refractivity contribution >= 4 is 17.3 Å². The summed E-state index contributed by atoms with van der Waals surface area (Å²) in [6, 6.07) is 12.0. The molecule has 2 unspecified atom stereocenters. The Balaban J connectivity index is 1.45. The summed E-state index contributed by atoms with van der Waals surface area (Å²) in [6.07, 6.45) is 2.71. The van der Waals surface area contributed by atoms with E-state index in [0.717, 1.165) is 44.7 Å². The number of benzene rings is 1. The number of para-hydroxylation sites is 1. The Morgan fingerprint density at radius 1 is 1.12 bits per heavy atom. The van der Waals surface area contributed by atoms with Crippen LogP contribution in [0.3, 0.4) is 0 Å². The Bertz CT molecular complexity index is 954. The van der Waals surface area contributed by atoms with Crippen molar-refractivity contribution in [1.82, 2.24) is 9.88 Å². The van der Waals surface area contributed by atoms with Gasteiger partial charge in [-0.05, 0) is 57.0 Å². The second-order valence-corrected chi connectivity index (χ2v) is 9.57. The first kappa shape index (κ1) is 23.7. The minimum atomic E-state index is -1.42. The van der Waals surface area contributed by atoms with E-state index in [4.69, 9.17) is 0 Å². The van der Waals surface area contributed by atoms with Crippen LogP contribution >= 0.6 is 0 Å². The fourth-order valence-corrected chi connectivity index (χ4v) is 4.90. The monoisotopic (exact) mass is 452 g/mol. The van der Waals surface area contributed by atoms with Gasteiger partial charge in [-0.3, -0.25) is 9.78 Å². The Kier molecular flexibility index (Phi) is 7.02. The highest BCUT2D eigenvalue weighted by Gasteiger charge is 2.35. The summed E-state index contributed by atoms with van der Waals surface area (Å²) in [5.74, 6) is 0.0707. The van der Waals surface area contributed by atoms with Gasteiger partial charge in [-0.2, -0.15) is 0 Å². The highest BCUT2D eigenvalue weighted by Crippen LogP contribution is 2.32. The van der Waals surface area contributed by atoms with Crippen LogP contribution in [0.25, 0.3) is 0 Å². The van der Waals surface area contributed by atoms with Crippen molar-refractivity contribution < 1.29 is 15.0 Å². The van der Waals surface area contributed by atoms with E-state index in [2.05, 4.69) is 46.1 Å². The number of aliphatic hydroxyl groups excluding tert-OH is 1. The fourth-order valence-electron chi connectivity index (χ4n) is 4.90. The lowest BCUT2D eigenvalue weighted by Crippen LogP contribution is -2.44. The first-order valence-electron chi connectivity index (χ1n) is 12.0. The molecule has 2 saturated heterocycles. The van der Waals surface area contributed by atoms with E-state index in [-0.39, 0.29) is 11.8 Å². The summed E-state index contributed by atoms with van der Waals surface area (Å²) >= 11 is 0. The molecule has 2 N–H and O–H groups in total. The molecule has 4 rings (SSSR count). The largest absolute Gasteiger partial charge is 0.390 e. The summed E-state index contributed by atoms with van der Waals surface area (Å²) in [4.78, 5) is 24.2. The number of piperazine rings is 1. The van der Waals surface area contributed by atoms with Crippen LogP contribution in [0, 0.1) is 5.92 Å². The van der Waals surface area contributed by atoms with E-state index in [1.807, 2.05) is 13.0 Å². The van der Waals surface area contributed by atoms with Gasteiger partial charge in [-0.1, -0.05) is 25.1 Å². The molecule has 0 spiro atoms. The maximum Gasteiger partial charge on any atom is 0.230 e. The van der Waals surface area contributed by atoms with Gasteiger partial charge in [-0.15, -0.1) is 0 Å². The van der Waals surface area contributed by atoms with Gasteiger partial charge in [0.05, 0.1) is 23.7 Å². The average molecular weight is 453 g/mol. The molecule has 7 nitrogen and oxygen atoms in total. The lowest BCUT2D eigenvalue weighted by molar-refractivity contribution is -0.120. The Hall–Kier alpha value is -2.48. The zero-order valence-electron chi connectivity index (χ0n) is 19.9. The van der Waals surface area contributed by atoms with E-state index >= 15 is 0 Å². The van der Waals surface area contributed by atoms with Crippen LogP contribution in [-0.2, 0) is 16.8 Å². The van der Waals surface area contributed by atoms with Crippen LogP contribution in [0.15, 0.2) is 42.6 Å². The molecule has 3 atom stereocenters. The van der Waals surface area contributed by atoms with Gasteiger partial charge < -0.3 is 24.9 Å². The fraction of sp³-hybridized carbons (Fsp3) is 0.538. The zero-order valence-corrected chi connectivity index (χ0v) is 19.9. The number of aromatic nitrogens is 1.